The predicted octanol–water partition coefficient (Wildman–Crippen LogP) is 4.65. The molecule has 3 heterocycles. The van der Waals surface area contributed by atoms with E-state index in [0.29, 0.717) is 30.4 Å². The van der Waals surface area contributed by atoms with Crippen LogP contribution in [0.25, 0.3) is 22.3 Å². The van der Waals surface area contributed by atoms with E-state index in [9.17, 15) is 18.8 Å². The third-order valence-electron chi connectivity index (χ3n) is 7.95. The van der Waals surface area contributed by atoms with E-state index in [2.05, 4.69) is 21.4 Å². The molecule has 220 valence electrons. The number of nitriles is 1. The molecule has 1 aliphatic heterocycles. The Morgan fingerprint density at radius 3 is 2.74 bits per heavy atom. The first-order valence-corrected chi connectivity index (χ1v) is 13.7. The minimum atomic E-state index is -1.19. The van der Waals surface area contributed by atoms with E-state index in [0.717, 1.165) is 25.0 Å². The van der Waals surface area contributed by atoms with Crippen LogP contribution in [0.3, 0.4) is 0 Å². The van der Waals surface area contributed by atoms with Gasteiger partial charge in [0.1, 0.15) is 41.0 Å². The molecule has 6 rings (SSSR count). The molecule has 1 aliphatic carbocycles. The summed E-state index contributed by atoms with van der Waals surface area (Å²) in [6.07, 6.45) is 6.03. The Bertz CT molecular complexity index is 1810. The quantitative estimate of drug-likeness (QED) is 0.235. The molecule has 0 spiro atoms. The number of ether oxygens (including phenoxy) is 1. The molecule has 2 aromatic carbocycles. The highest BCUT2D eigenvalue weighted by atomic mass is 19.2. The summed E-state index contributed by atoms with van der Waals surface area (Å²) in [7, 11) is 1.81. The molecule has 10 nitrogen and oxygen atoms in total. The summed E-state index contributed by atoms with van der Waals surface area (Å²) in [5, 5.41) is 17.9. The van der Waals surface area contributed by atoms with E-state index in [1.165, 1.54) is 30.6 Å². The molecule has 1 saturated carbocycles. The van der Waals surface area contributed by atoms with E-state index in [1.807, 2.05) is 7.05 Å². The fourth-order valence-electron chi connectivity index (χ4n) is 5.41. The number of anilines is 1. The normalized spacial score (nSPS) is 18.0. The lowest BCUT2D eigenvalue weighted by Gasteiger charge is -2.33. The Balaban J connectivity index is 1.32. The van der Waals surface area contributed by atoms with Crippen LogP contribution in [-0.4, -0.2) is 56.2 Å². The molecular formula is C30H27F3N8O2. The Morgan fingerprint density at radius 1 is 1.21 bits per heavy atom. The van der Waals surface area contributed by atoms with Gasteiger partial charge in [0.25, 0.3) is 5.91 Å². The number of carbonyl (C=O) groups excluding carboxylic acids is 1. The zero-order chi connectivity index (χ0) is 30.3. The number of amides is 1. The van der Waals surface area contributed by atoms with Crippen LogP contribution in [0.15, 0.2) is 54.4 Å². The van der Waals surface area contributed by atoms with Crippen molar-refractivity contribution in [2.75, 3.05) is 25.9 Å². The third-order valence-corrected chi connectivity index (χ3v) is 7.95. The van der Waals surface area contributed by atoms with Crippen molar-refractivity contribution in [3.63, 3.8) is 0 Å². The van der Waals surface area contributed by atoms with Crippen molar-refractivity contribution in [3.8, 4) is 28.8 Å². The fourth-order valence-corrected chi connectivity index (χ4v) is 5.41. The first kappa shape index (κ1) is 28.2. The minimum absolute atomic E-state index is 0.0484. The van der Waals surface area contributed by atoms with Gasteiger partial charge in [-0.05, 0) is 63.1 Å². The maximum Gasteiger partial charge on any atom is 0.264 e. The number of halogens is 3. The van der Waals surface area contributed by atoms with Crippen LogP contribution in [0.5, 0.6) is 11.5 Å². The summed E-state index contributed by atoms with van der Waals surface area (Å²) < 4.78 is 50.2. The van der Waals surface area contributed by atoms with Crippen LogP contribution in [0.2, 0.25) is 0 Å². The van der Waals surface area contributed by atoms with Gasteiger partial charge in [-0.1, -0.05) is 6.07 Å². The Labute approximate surface area is 244 Å². The fraction of sp³-hybridized carbons (Fsp3) is 0.300. The Kier molecular flexibility index (Phi) is 7.23. The Hall–Kier alpha value is -4.96. The SMILES string of the molecule is CNC1(C=C(C#N)C(=O)N2CCC[C@@H](n3nc(-c4ccc(Oc5cccc(F)c5F)cc4F)c4c(N)ncnc43)C2)CC1. The van der Waals surface area contributed by atoms with Crippen molar-refractivity contribution in [1.82, 2.24) is 30.0 Å². The average Bonchev–Trinajstić information content (AvgIpc) is 3.69. The number of likely N-dealkylation sites (tertiary alicyclic amines) is 1. The van der Waals surface area contributed by atoms with Crippen LogP contribution < -0.4 is 15.8 Å². The summed E-state index contributed by atoms with van der Waals surface area (Å²) in [5.74, 6) is -3.71. The zero-order valence-corrected chi connectivity index (χ0v) is 23.1. The van der Waals surface area contributed by atoms with Crippen molar-refractivity contribution in [2.45, 2.75) is 37.3 Å². The maximum atomic E-state index is 15.5. The number of nitrogen functional groups attached to an aromatic ring is 1. The van der Waals surface area contributed by atoms with Gasteiger partial charge in [-0.15, -0.1) is 0 Å². The van der Waals surface area contributed by atoms with Crippen LogP contribution in [0.4, 0.5) is 19.0 Å². The number of nitrogens with one attached hydrogen (secondary N) is 1. The zero-order valence-electron chi connectivity index (χ0n) is 23.1. The lowest BCUT2D eigenvalue weighted by Crippen LogP contribution is -2.42. The van der Waals surface area contributed by atoms with Crippen molar-refractivity contribution in [2.24, 2.45) is 0 Å². The highest BCUT2D eigenvalue weighted by Crippen LogP contribution is 2.39. The molecule has 1 amide bonds. The molecule has 1 atom stereocenters. The van der Waals surface area contributed by atoms with Gasteiger partial charge in [-0.3, -0.25) is 4.79 Å². The lowest BCUT2D eigenvalue weighted by molar-refractivity contribution is -0.128. The molecule has 0 unspecified atom stereocenters. The Morgan fingerprint density at radius 2 is 2.02 bits per heavy atom. The molecule has 13 heteroatoms. The number of likely N-dealkylation sites (N-methyl/N-ethyl adjacent to an activating group) is 1. The van der Waals surface area contributed by atoms with E-state index >= 15 is 4.39 Å². The van der Waals surface area contributed by atoms with E-state index in [-0.39, 0.29) is 58.2 Å². The summed E-state index contributed by atoms with van der Waals surface area (Å²) in [4.78, 5) is 23.4. The van der Waals surface area contributed by atoms with Crippen molar-refractivity contribution >= 4 is 22.8 Å². The second-order valence-corrected chi connectivity index (χ2v) is 10.7. The molecular weight excluding hydrogens is 561 g/mol. The van der Waals surface area contributed by atoms with Gasteiger partial charge in [0.15, 0.2) is 17.2 Å². The van der Waals surface area contributed by atoms with Gasteiger partial charge < -0.3 is 20.7 Å². The van der Waals surface area contributed by atoms with Crippen molar-refractivity contribution in [3.05, 3.63) is 71.8 Å². The summed E-state index contributed by atoms with van der Waals surface area (Å²) >= 11 is 0. The van der Waals surface area contributed by atoms with E-state index < -0.39 is 17.5 Å². The number of rotatable bonds is 7. The highest BCUT2D eigenvalue weighted by molar-refractivity contribution is 5.99. The maximum absolute atomic E-state index is 15.5. The van der Waals surface area contributed by atoms with E-state index in [4.69, 9.17) is 15.6 Å². The molecule has 0 radical (unpaired) electrons. The summed E-state index contributed by atoms with van der Waals surface area (Å²) in [6.45, 7) is 0.741. The molecule has 43 heavy (non-hydrogen) atoms. The molecule has 2 fully saturated rings. The smallest absolute Gasteiger partial charge is 0.264 e. The van der Waals surface area contributed by atoms with Crippen molar-refractivity contribution in [1.29, 1.82) is 5.26 Å². The number of aromatic nitrogens is 4. The first-order valence-electron chi connectivity index (χ1n) is 13.7. The third kappa shape index (κ3) is 5.25. The van der Waals surface area contributed by atoms with Crippen LogP contribution >= 0.6 is 0 Å². The number of hydrogen-bond acceptors (Lipinski definition) is 8. The lowest BCUT2D eigenvalue weighted by atomic mass is 10.0. The first-order chi connectivity index (χ1) is 20.7. The standard InChI is InChI=1S/C30H27F3N8O2/c1-36-30(9-10-30)13-17(14-34)29(42)40-11-3-4-18(15-40)41-28-24(27(35)37-16-38-28)26(39-41)20-8-7-19(12-22(20)32)43-23-6-2-5-21(31)25(23)33/h2,5-8,12-13,16,18,36H,3-4,9-11,15H2,1H3,(H2,35,37,38)/t18-/m1/s1. The molecule has 1 saturated heterocycles. The van der Waals surface area contributed by atoms with E-state index in [1.54, 1.807) is 15.7 Å². The average molecular weight is 589 g/mol. The van der Waals surface area contributed by atoms with Gasteiger partial charge >= 0.3 is 0 Å². The number of nitrogens with zero attached hydrogens (tertiary/aromatic N) is 6. The topological polar surface area (TPSA) is 135 Å². The number of hydrogen-bond donors (Lipinski definition) is 2. The van der Waals surface area contributed by atoms with Crippen molar-refractivity contribution < 1.29 is 22.7 Å². The molecule has 2 aromatic heterocycles. The minimum Gasteiger partial charge on any atom is -0.454 e. The van der Waals surface area contributed by atoms with Gasteiger partial charge in [0.2, 0.25) is 5.82 Å². The van der Waals surface area contributed by atoms with Crippen LogP contribution in [0, 0.1) is 28.8 Å². The second-order valence-electron chi connectivity index (χ2n) is 10.7. The monoisotopic (exact) mass is 588 g/mol. The molecule has 3 N–H and O–H groups in total. The van der Waals surface area contributed by atoms with Gasteiger partial charge in [-0.25, -0.2) is 23.4 Å². The number of nitrogens with two attached hydrogens (primary N) is 1. The summed E-state index contributed by atoms with van der Waals surface area (Å²) in [5.41, 5.74) is 6.61. The van der Waals surface area contributed by atoms with Crippen LogP contribution in [-0.2, 0) is 4.79 Å². The summed E-state index contributed by atoms with van der Waals surface area (Å²) in [6, 6.07) is 9.04. The van der Waals surface area contributed by atoms with Gasteiger partial charge in [0.05, 0.1) is 11.4 Å². The highest BCUT2D eigenvalue weighted by Gasteiger charge is 2.40. The largest absolute Gasteiger partial charge is 0.454 e. The van der Waals surface area contributed by atoms with Gasteiger partial charge in [0, 0.05) is 30.3 Å². The van der Waals surface area contributed by atoms with Gasteiger partial charge in [-0.2, -0.15) is 14.8 Å². The number of benzene rings is 2. The number of fused-ring (bicyclic) bond motifs is 1. The molecule has 4 aromatic rings. The molecule has 2 aliphatic rings. The number of piperidine rings is 1. The number of carbonyl (C=O) groups is 1. The predicted molar refractivity (Wildman–Crippen MR) is 151 cm³/mol. The molecule has 0 bridgehead atoms. The van der Waals surface area contributed by atoms with Crippen LogP contribution in [0.1, 0.15) is 31.7 Å². The second kappa shape index (κ2) is 11.0.